The molecular formula is C13H13ClN2O2S. The van der Waals surface area contributed by atoms with Crippen molar-refractivity contribution in [2.24, 2.45) is 0 Å². The van der Waals surface area contributed by atoms with Crippen molar-refractivity contribution >= 4 is 33.0 Å². The van der Waals surface area contributed by atoms with Crippen LogP contribution >= 0.6 is 11.6 Å². The van der Waals surface area contributed by atoms with Gasteiger partial charge in [0.1, 0.15) is 0 Å². The van der Waals surface area contributed by atoms with Crippen LogP contribution in [0.2, 0.25) is 5.02 Å². The molecular weight excluding hydrogens is 284 g/mol. The normalized spacial score (nSPS) is 11.3. The van der Waals surface area contributed by atoms with Crippen molar-refractivity contribution in [1.29, 1.82) is 0 Å². The van der Waals surface area contributed by atoms with Crippen molar-refractivity contribution in [2.45, 2.75) is 11.8 Å². The highest BCUT2D eigenvalue weighted by Gasteiger charge is 2.15. The van der Waals surface area contributed by atoms with E-state index in [1.54, 1.807) is 37.3 Å². The number of nitrogen functional groups attached to an aromatic ring is 1. The number of hydrogen-bond acceptors (Lipinski definition) is 3. The Kier molecular flexibility index (Phi) is 3.68. The van der Waals surface area contributed by atoms with Crippen LogP contribution in [0.3, 0.4) is 0 Å². The highest BCUT2D eigenvalue weighted by Crippen LogP contribution is 2.22. The van der Waals surface area contributed by atoms with Gasteiger partial charge in [-0.1, -0.05) is 17.7 Å². The predicted molar refractivity (Wildman–Crippen MR) is 77.9 cm³/mol. The zero-order chi connectivity index (χ0) is 14.0. The second kappa shape index (κ2) is 5.11. The second-order valence-corrected chi connectivity index (χ2v) is 6.23. The molecule has 0 spiro atoms. The molecule has 100 valence electrons. The zero-order valence-electron chi connectivity index (χ0n) is 10.2. The smallest absolute Gasteiger partial charge is 0.261 e. The monoisotopic (exact) mass is 296 g/mol. The standard InChI is InChI=1S/C13H13ClN2O2S/c1-9-7-12(5-6-13(9)14)19(17,18)16-11-4-2-3-10(15)8-11/h2-8,16H,15H2,1H3. The molecule has 0 saturated carbocycles. The van der Waals surface area contributed by atoms with Crippen molar-refractivity contribution in [3.8, 4) is 0 Å². The molecule has 0 aromatic heterocycles. The third kappa shape index (κ3) is 3.19. The molecule has 0 atom stereocenters. The second-order valence-electron chi connectivity index (χ2n) is 4.14. The van der Waals surface area contributed by atoms with Crippen LogP contribution in [-0.4, -0.2) is 8.42 Å². The lowest BCUT2D eigenvalue weighted by Crippen LogP contribution is -2.13. The molecule has 0 amide bonds. The number of nitrogens with one attached hydrogen (secondary N) is 1. The van der Waals surface area contributed by atoms with Crippen LogP contribution < -0.4 is 10.5 Å². The predicted octanol–water partition coefficient (Wildman–Crippen LogP) is 3.03. The minimum Gasteiger partial charge on any atom is -0.399 e. The van der Waals surface area contributed by atoms with Crippen molar-refractivity contribution in [3.05, 3.63) is 53.1 Å². The fourth-order valence-electron chi connectivity index (χ4n) is 1.60. The summed E-state index contributed by atoms with van der Waals surface area (Å²) in [5, 5.41) is 0.530. The van der Waals surface area contributed by atoms with Gasteiger partial charge in [0.15, 0.2) is 0 Å². The molecule has 0 saturated heterocycles. The van der Waals surface area contributed by atoms with Gasteiger partial charge in [-0.15, -0.1) is 0 Å². The van der Waals surface area contributed by atoms with Crippen LogP contribution in [0.15, 0.2) is 47.4 Å². The van der Waals surface area contributed by atoms with E-state index in [0.717, 1.165) is 0 Å². The Morgan fingerprint density at radius 3 is 2.53 bits per heavy atom. The van der Waals surface area contributed by atoms with E-state index in [0.29, 0.717) is 22.0 Å². The van der Waals surface area contributed by atoms with Gasteiger partial charge in [0, 0.05) is 10.7 Å². The molecule has 0 aliphatic heterocycles. The highest BCUT2D eigenvalue weighted by atomic mass is 35.5. The van der Waals surface area contributed by atoms with Gasteiger partial charge in [-0.2, -0.15) is 0 Å². The number of nitrogens with two attached hydrogens (primary N) is 1. The molecule has 6 heteroatoms. The average Bonchev–Trinajstić information content (AvgIpc) is 2.32. The van der Waals surface area contributed by atoms with E-state index in [1.165, 1.54) is 12.1 Å². The van der Waals surface area contributed by atoms with Crippen LogP contribution in [0.25, 0.3) is 0 Å². The molecule has 4 nitrogen and oxygen atoms in total. The fourth-order valence-corrected chi connectivity index (χ4v) is 2.85. The molecule has 19 heavy (non-hydrogen) atoms. The van der Waals surface area contributed by atoms with E-state index in [4.69, 9.17) is 17.3 Å². The summed E-state index contributed by atoms with van der Waals surface area (Å²) in [5.74, 6) is 0. The Morgan fingerprint density at radius 1 is 1.16 bits per heavy atom. The first-order valence-corrected chi connectivity index (χ1v) is 7.39. The lowest BCUT2D eigenvalue weighted by Gasteiger charge is -2.09. The lowest BCUT2D eigenvalue weighted by molar-refractivity contribution is 0.601. The summed E-state index contributed by atoms with van der Waals surface area (Å²) in [6.45, 7) is 1.75. The molecule has 0 aliphatic rings. The minimum absolute atomic E-state index is 0.164. The van der Waals surface area contributed by atoms with Gasteiger partial charge < -0.3 is 5.73 Å². The molecule has 0 bridgehead atoms. The van der Waals surface area contributed by atoms with Crippen LogP contribution in [0, 0.1) is 6.92 Å². The Hall–Kier alpha value is -1.72. The first-order valence-electron chi connectivity index (χ1n) is 5.53. The van der Waals surface area contributed by atoms with Crippen LogP contribution in [0.5, 0.6) is 0 Å². The van der Waals surface area contributed by atoms with Crippen LogP contribution in [-0.2, 0) is 10.0 Å². The molecule has 2 rings (SSSR count). The van der Waals surface area contributed by atoms with Crippen molar-refractivity contribution in [2.75, 3.05) is 10.5 Å². The van der Waals surface area contributed by atoms with Gasteiger partial charge in [0.05, 0.1) is 10.6 Å². The number of hydrogen-bond donors (Lipinski definition) is 2. The van der Waals surface area contributed by atoms with Crippen molar-refractivity contribution in [3.63, 3.8) is 0 Å². The first kappa shape index (κ1) is 13.7. The van der Waals surface area contributed by atoms with E-state index < -0.39 is 10.0 Å². The summed E-state index contributed by atoms with van der Waals surface area (Å²) in [6, 6.07) is 11.1. The summed E-state index contributed by atoms with van der Waals surface area (Å²) < 4.78 is 26.8. The fraction of sp³-hybridized carbons (Fsp3) is 0.0769. The Balaban J connectivity index is 2.35. The Morgan fingerprint density at radius 2 is 1.89 bits per heavy atom. The number of anilines is 2. The summed E-state index contributed by atoms with van der Waals surface area (Å²) in [4.78, 5) is 0.164. The lowest BCUT2D eigenvalue weighted by atomic mass is 10.2. The maximum Gasteiger partial charge on any atom is 0.261 e. The van der Waals surface area contributed by atoms with E-state index in [1.807, 2.05) is 0 Å². The summed E-state index contributed by atoms with van der Waals surface area (Å²) in [7, 11) is -3.63. The average molecular weight is 297 g/mol. The largest absolute Gasteiger partial charge is 0.399 e. The maximum absolute atomic E-state index is 12.2. The summed E-state index contributed by atoms with van der Waals surface area (Å²) in [5.41, 5.74) is 7.23. The molecule has 0 fully saturated rings. The van der Waals surface area contributed by atoms with E-state index in [9.17, 15) is 8.42 Å². The van der Waals surface area contributed by atoms with Gasteiger partial charge in [0.25, 0.3) is 10.0 Å². The SMILES string of the molecule is Cc1cc(S(=O)(=O)Nc2cccc(N)c2)ccc1Cl. The number of benzene rings is 2. The van der Waals surface area contributed by atoms with Gasteiger partial charge in [0.2, 0.25) is 0 Å². The number of rotatable bonds is 3. The summed E-state index contributed by atoms with van der Waals surface area (Å²) >= 11 is 5.88. The molecule has 2 aromatic carbocycles. The molecule has 0 heterocycles. The molecule has 0 radical (unpaired) electrons. The zero-order valence-corrected chi connectivity index (χ0v) is 11.8. The Bertz CT molecular complexity index is 714. The third-order valence-electron chi connectivity index (χ3n) is 2.58. The quantitative estimate of drug-likeness (QED) is 0.855. The topological polar surface area (TPSA) is 72.2 Å². The van der Waals surface area contributed by atoms with Crippen LogP contribution in [0.1, 0.15) is 5.56 Å². The molecule has 0 unspecified atom stereocenters. The van der Waals surface area contributed by atoms with E-state index in [2.05, 4.69) is 4.72 Å². The van der Waals surface area contributed by atoms with Gasteiger partial charge in [-0.05, 0) is 48.9 Å². The van der Waals surface area contributed by atoms with Crippen LogP contribution in [0.4, 0.5) is 11.4 Å². The minimum atomic E-state index is -3.63. The molecule has 3 N–H and O–H groups in total. The highest BCUT2D eigenvalue weighted by molar-refractivity contribution is 7.92. The molecule has 2 aromatic rings. The van der Waals surface area contributed by atoms with E-state index >= 15 is 0 Å². The number of aryl methyl sites for hydroxylation is 1. The number of sulfonamides is 1. The first-order chi connectivity index (χ1) is 8.88. The number of halogens is 1. The van der Waals surface area contributed by atoms with Gasteiger partial charge >= 0.3 is 0 Å². The Labute approximate surface area is 117 Å². The maximum atomic E-state index is 12.2. The molecule has 0 aliphatic carbocycles. The van der Waals surface area contributed by atoms with Gasteiger partial charge in [-0.3, -0.25) is 4.72 Å². The van der Waals surface area contributed by atoms with Gasteiger partial charge in [-0.25, -0.2) is 8.42 Å². The van der Waals surface area contributed by atoms with Crippen molar-refractivity contribution < 1.29 is 8.42 Å². The summed E-state index contributed by atoms with van der Waals surface area (Å²) in [6.07, 6.45) is 0. The van der Waals surface area contributed by atoms with Crippen molar-refractivity contribution in [1.82, 2.24) is 0 Å². The third-order valence-corrected chi connectivity index (χ3v) is 4.38. The van der Waals surface area contributed by atoms with E-state index in [-0.39, 0.29) is 4.90 Å².